The molecule has 0 aromatic carbocycles. The first kappa shape index (κ1) is 21.0. The van der Waals surface area contributed by atoms with E-state index in [1.165, 1.54) is 57.8 Å². The number of unbranched alkanes of at least 4 members (excludes halogenated alkanes) is 7. The maximum atomic E-state index is 12.8. The average Bonchev–Trinajstić information content (AvgIpc) is 3.01. The maximum Gasteiger partial charge on any atom is 0.214 e. The summed E-state index contributed by atoms with van der Waals surface area (Å²) < 4.78 is 28.5. The monoisotopic (exact) mass is 345 g/mol. The molecule has 0 aliphatic heterocycles. The summed E-state index contributed by atoms with van der Waals surface area (Å²) in [7, 11) is -3.14. The molecule has 23 heavy (non-hydrogen) atoms. The van der Waals surface area contributed by atoms with Crippen molar-refractivity contribution in [3.8, 4) is 0 Å². The normalized spacial score (nSPS) is 17.7. The van der Waals surface area contributed by atoms with Crippen molar-refractivity contribution < 1.29 is 8.42 Å². The highest BCUT2D eigenvalue weighted by atomic mass is 32.2. The van der Waals surface area contributed by atoms with E-state index in [4.69, 9.17) is 0 Å². The Morgan fingerprint density at radius 1 is 0.826 bits per heavy atom. The van der Waals surface area contributed by atoms with Crippen LogP contribution < -0.4 is 4.72 Å². The van der Waals surface area contributed by atoms with Crippen LogP contribution in [0.2, 0.25) is 0 Å². The van der Waals surface area contributed by atoms with Gasteiger partial charge in [-0.15, -0.1) is 0 Å². The lowest BCUT2D eigenvalue weighted by atomic mass is 10.0. The first-order chi connectivity index (χ1) is 11.1. The molecule has 0 amide bonds. The third-order valence-corrected chi connectivity index (χ3v) is 7.15. The van der Waals surface area contributed by atoms with E-state index in [0.29, 0.717) is 0 Å². The second-order valence-electron chi connectivity index (χ2n) is 7.32. The molecule has 0 aromatic rings. The molecule has 1 aliphatic carbocycles. The van der Waals surface area contributed by atoms with E-state index in [1.54, 1.807) is 0 Å². The predicted octanol–water partition coefficient (Wildman–Crippen LogP) is 5.55. The molecule has 1 N–H and O–H groups in total. The zero-order valence-corrected chi connectivity index (χ0v) is 16.3. The lowest BCUT2D eigenvalue weighted by Crippen LogP contribution is -2.39. The van der Waals surface area contributed by atoms with Crippen LogP contribution in [0.25, 0.3) is 0 Å². The van der Waals surface area contributed by atoms with Gasteiger partial charge in [0.1, 0.15) is 0 Å². The number of hydrogen-bond acceptors (Lipinski definition) is 2. The number of sulfonamides is 1. The molecule has 1 rings (SSSR count). The Kier molecular flexibility index (Phi) is 11.2. The van der Waals surface area contributed by atoms with E-state index in [2.05, 4.69) is 18.6 Å². The van der Waals surface area contributed by atoms with Gasteiger partial charge in [0.05, 0.1) is 5.25 Å². The van der Waals surface area contributed by atoms with Crippen LogP contribution in [0.3, 0.4) is 0 Å². The Bertz CT molecular complexity index is 375. The largest absolute Gasteiger partial charge is 0.214 e. The molecule has 0 aromatic heterocycles. The summed E-state index contributed by atoms with van der Waals surface area (Å²) in [6, 6.07) is 0.207. The quantitative estimate of drug-likeness (QED) is 0.420. The first-order valence-electron chi connectivity index (χ1n) is 10.1. The minimum Gasteiger partial charge on any atom is -0.212 e. The Balaban J connectivity index is 2.45. The van der Waals surface area contributed by atoms with E-state index >= 15 is 0 Å². The highest BCUT2D eigenvalue weighted by Crippen LogP contribution is 2.23. The average molecular weight is 346 g/mol. The predicted molar refractivity (Wildman–Crippen MR) is 100 cm³/mol. The molecule has 1 unspecified atom stereocenters. The molecule has 4 heteroatoms. The molecule has 0 bridgehead atoms. The van der Waals surface area contributed by atoms with Crippen molar-refractivity contribution in [3.63, 3.8) is 0 Å². The highest BCUT2D eigenvalue weighted by molar-refractivity contribution is 7.90. The van der Waals surface area contributed by atoms with Crippen LogP contribution >= 0.6 is 0 Å². The Hall–Kier alpha value is -0.0900. The molecule has 0 heterocycles. The van der Waals surface area contributed by atoms with Gasteiger partial charge in [0.15, 0.2) is 0 Å². The van der Waals surface area contributed by atoms with Gasteiger partial charge in [0.2, 0.25) is 10.0 Å². The van der Waals surface area contributed by atoms with Crippen molar-refractivity contribution in [2.45, 2.75) is 121 Å². The van der Waals surface area contributed by atoms with Gasteiger partial charge in [-0.3, -0.25) is 0 Å². The third-order valence-electron chi connectivity index (χ3n) is 5.13. The summed E-state index contributed by atoms with van der Waals surface area (Å²) in [5.41, 5.74) is 0. The first-order valence-corrected chi connectivity index (χ1v) is 11.7. The van der Waals surface area contributed by atoms with Crippen molar-refractivity contribution in [1.29, 1.82) is 0 Å². The van der Waals surface area contributed by atoms with Gasteiger partial charge in [-0.1, -0.05) is 84.5 Å². The van der Waals surface area contributed by atoms with Crippen molar-refractivity contribution in [2.24, 2.45) is 0 Å². The van der Waals surface area contributed by atoms with Crippen LogP contribution in [0.1, 0.15) is 110 Å². The summed E-state index contributed by atoms with van der Waals surface area (Å²) in [5, 5.41) is -0.165. The van der Waals surface area contributed by atoms with Crippen molar-refractivity contribution in [3.05, 3.63) is 0 Å². The van der Waals surface area contributed by atoms with Crippen molar-refractivity contribution >= 4 is 10.0 Å². The van der Waals surface area contributed by atoms with E-state index in [9.17, 15) is 8.42 Å². The molecule has 3 nitrogen and oxygen atoms in total. The van der Waals surface area contributed by atoms with Gasteiger partial charge in [0.25, 0.3) is 0 Å². The molecule has 1 saturated carbocycles. The lowest BCUT2D eigenvalue weighted by Gasteiger charge is -2.21. The zero-order chi connectivity index (χ0) is 17.0. The Morgan fingerprint density at radius 2 is 1.30 bits per heavy atom. The molecule has 0 radical (unpaired) electrons. The van der Waals surface area contributed by atoms with E-state index < -0.39 is 10.0 Å². The van der Waals surface area contributed by atoms with Crippen LogP contribution in [-0.4, -0.2) is 19.7 Å². The highest BCUT2D eigenvalue weighted by Gasteiger charge is 2.28. The van der Waals surface area contributed by atoms with Gasteiger partial charge in [-0.25, -0.2) is 13.1 Å². The molecule has 1 fully saturated rings. The maximum absolute atomic E-state index is 12.8. The number of hydrogen-bond donors (Lipinski definition) is 1. The number of rotatable bonds is 14. The molecule has 1 aliphatic rings. The standard InChI is InChI=1S/C19H39NO2S/c1-3-5-7-9-11-17-19(16-10-8-6-4-2)23(21,22)20-18-14-12-13-15-18/h18-20H,3-17H2,1-2H3. The SMILES string of the molecule is CCCCCCCC(CCCCCC)S(=O)(=O)NC1CCCC1. The van der Waals surface area contributed by atoms with E-state index in [-0.39, 0.29) is 11.3 Å². The third kappa shape index (κ3) is 9.09. The fourth-order valence-corrected chi connectivity index (χ4v) is 5.45. The minimum absolute atomic E-state index is 0.165. The zero-order valence-electron chi connectivity index (χ0n) is 15.5. The number of nitrogens with one attached hydrogen (secondary N) is 1. The molecule has 0 saturated heterocycles. The summed E-state index contributed by atoms with van der Waals surface area (Å²) in [5.74, 6) is 0. The van der Waals surface area contributed by atoms with E-state index in [1.807, 2.05) is 0 Å². The fraction of sp³-hybridized carbons (Fsp3) is 1.00. The smallest absolute Gasteiger partial charge is 0.212 e. The van der Waals surface area contributed by atoms with Gasteiger partial charge >= 0.3 is 0 Å². The van der Waals surface area contributed by atoms with Crippen molar-refractivity contribution in [1.82, 2.24) is 4.72 Å². The molecular formula is C19H39NO2S. The topological polar surface area (TPSA) is 46.2 Å². The van der Waals surface area contributed by atoms with Crippen LogP contribution in [0, 0.1) is 0 Å². The van der Waals surface area contributed by atoms with Crippen LogP contribution in [0.4, 0.5) is 0 Å². The summed E-state index contributed by atoms with van der Waals surface area (Å²) >= 11 is 0. The summed E-state index contributed by atoms with van der Waals surface area (Å²) in [4.78, 5) is 0. The minimum atomic E-state index is -3.14. The Labute approximate surface area is 145 Å². The summed E-state index contributed by atoms with van der Waals surface area (Å²) in [6.45, 7) is 4.41. The van der Waals surface area contributed by atoms with Gasteiger partial charge < -0.3 is 0 Å². The van der Waals surface area contributed by atoms with Gasteiger partial charge in [0, 0.05) is 6.04 Å². The van der Waals surface area contributed by atoms with E-state index in [0.717, 1.165) is 38.5 Å². The van der Waals surface area contributed by atoms with Crippen molar-refractivity contribution in [2.75, 3.05) is 0 Å². The second-order valence-corrected chi connectivity index (χ2v) is 9.31. The van der Waals surface area contributed by atoms with Gasteiger partial charge in [-0.05, 0) is 25.7 Å². The second kappa shape index (κ2) is 12.3. The summed E-state index contributed by atoms with van der Waals surface area (Å²) in [6.07, 6.45) is 16.7. The van der Waals surface area contributed by atoms with Crippen LogP contribution in [0.15, 0.2) is 0 Å². The molecular weight excluding hydrogens is 306 g/mol. The fourth-order valence-electron chi connectivity index (χ4n) is 3.60. The van der Waals surface area contributed by atoms with Crippen LogP contribution in [-0.2, 0) is 10.0 Å². The molecule has 1 atom stereocenters. The molecule has 0 spiro atoms. The lowest BCUT2D eigenvalue weighted by molar-refractivity contribution is 0.498. The van der Waals surface area contributed by atoms with Crippen LogP contribution in [0.5, 0.6) is 0 Å². The Morgan fingerprint density at radius 3 is 1.83 bits per heavy atom. The van der Waals surface area contributed by atoms with Gasteiger partial charge in [-0.2, -0.15) is 0 Å². The molecule has 138 valence electrons.